The van der Waals surface area contributed by atoms with Crippen LogP contribution in [0, 0.1) is 11.3 Å². The fourth-order valence-electron chi connectivity index (χ4n) is 4.64. The standard InChI is InChI=1S/C32H32F3N7O2S/c1-3-25(39-29(43)14-27-17-37-21-42(27)18-23-10-8-22(15-36)9-11-23)20-41(19-24-6-4-5-7-28(24)32(33,34)35)31(45)40-26-12-13-30(44-2)38-16-26/h4-13,16-17,21,25H,3,14,18-20H2,1-2H3,(H,39,43)(H,40,45)/t25-/m0/s1. The Hall–Kier alpha value is -4.96. The van der Waals surface area contributed by atoms with Gasteiger partial charge in [-0.1, -0.05) is 37.3 Å². The lowest BCUT2D eigenvalue weighted by molar-refractivity contribution is -0.138. The second-order valence-corrected chi connectivity index (χ2v) is 10.6. The van der Waals surface area contributed by atoms with Gasteiger partial charge in [-0.05, 0) is 54.0 Å². The first kappa shape index (κ1) is 32.9. The lowest BCUT2D eigenvalue weighted by Gasteiger charge is -2.31. The number of carbonyl (C=O) groups excluding carboxylic acids is 1. The number of anilines is 1. The number of benzene rings is 2. The van der Waals surface area contributed by atoms with E-state index < -0.39 is 17.8 Å². The van der Waals surface area contributed by atoms with Gasteiger partial charge in [-0.25, -0.2) is 9.97 Å². The molecule has 0 aliphatic carbocycles. The zero-order chi connectivity index (χ0) is 32.4. The van der Waals surface area contributed by atoms with Gasteiger partial charge in [0.05, 0.1) is 48.9 Å². The van der Waals surface area contributed by atoms with Crippen LogP contribution in [-0.4, -0.2) is 50.2 Å². The van der Waals surface area contributed by atoms with Gasteiger partial charge in [-0.15, -0.1) is 0 Å². The van der Waals surface area contributed by atoms with Crippen molar-refractivity contribution < 1.29 is 22.7 Å². The molecule has 0 fully saturated rings. The number of ether oxygens (including phenoxy) is 1. The van der Waals surface area contributed by atoms with E-state index in [4.69, 9.17) is 22.2 Å². The Bertz CT molecular complexity index is 1630. The van der Waals surface area contributed by atoms with Crippen molar-refractivity contribution in [3.63, 3.8) is 0 Å². The largest absolute Gasteiger partial charge is 0.481 e. The van der Waals surface area contributed by atoms with Crippen molar-refractivity contribution in [1.82, 2.24) is 24.8 Å². The van der Waals surface area contributed by atoms with Crippen LogP contribution >= 0.6 is 12.2 Å². The molecular formula is C32H32F3N7O2S. The Morgan fingerprint density at radius 3 is 2.53 bits per heavy atom. The molecule has 0 aliphatic heterocycles. The molecule has 0 unspecified atom stereocenters. The molecule has 4 rings (SSSR count). The predicted molar refractivity (Wildman–Crippen MR) is 167 cm³/mol. The molecule has 0 radical (unpaired) electrons. The molecule has 234 valence electrons. The number of rotatable bonds is 12. The molecule has 4 aromatic rings. The van der Waals surface area contributed by atoms with Gasteiger partial charge in [0.1, 0.15) is 0 Å². The molecule has 2 aromatic carbocycles. The number of nitriles is 1. The summed E-state index contributed by atoms with van der Waals surface area (Å²) in [5.74, 6) is 0.131. The number of thiocarbonyl (C=S) groups is 1. The zero-order valence-corrected chi connectivity index (χ0v) is 25.5. The fraction of sp³-hybridized carbons (Fsp3) is 0.281. The third-order valence-electron chi connectivity index (χ3n) is 7.04. The van der Waals surface area contributed by atoms with Crippen LogP contribution in [0.3, 0.4) is 0 Å². The predicted octanol–water partition coefficient (Wildman–Crippen LogP) is 5.56. The highest BCUT2D eigenvalue weighted by molar-refractivity contribution is 7.80. The first-order valence-electron chi connectivity index (χ1n) is 14.1. The molecule has 0 saturated carbocycles. The maximum atomic E-state index is 13.8. The number of carbonyl (C=O) groups is 1. The normalized spacial score (nSPS) is 11.7. The monoisotopic (exact) mass is 635 g/mol. The smallest absolute Gasteiger partial charge is 0.416 e. The minimum Gasteiger partial charge on any atom is -0.481 e. The van der Waals surface area contributed by atoms with Crippen molar-refractivity contribution in [2.45, 2.75) is 45.1 Å². The van der Waals surface area contributed by atoms with Crippen molar-refractivity contribution >= 4 is 28.9 Å². The van der Waals surface area contributed by atoms with Gasteiger partial charge >= 0.3 is 6.18 Å². The summed E-state index contributed by atoms with van der Waals surface area (Å²) in [6, 6.07) is 17.5. The number of nitrogens with one attached hydrogen (secondary N) is 2. The van der Waals surface area contributed by atoms with Gasteiger partial charge in [-0.2, -0.15) is 18.4 Å². The average Bonchev–Trinajstić information content (AvgIpc) is 3.46. The number of amides is 1. The summed E-state index contributed by atoms with van der Waals surface area (Å²) in [6.45, 7) is 2.35. The van der Waals surface area contributed by atoms with Crippen LogP contribution in [0.25, 0.3) is 0 Å². The Morgan fingerprint density at radius 2 is 1.89 bits per heavy atom. The van der Waals surface area contributed by atoms with Crippen LogP contribution < -0.4 is 15.4 Å². The molecule has 2 N–H and O–H groups in total. The lowest BCUT2D eigenvalue weighted by Crippen LogP contribution is -2.47. The van der Waals surface area contributed by atoms with E-state index in [0.29, 0.717) is 35.8 Å². The quantitative estimate of drug-likeness (QED) is 0.195. The molecule has 1 amide bonds. The van der Waals surface area contributed by atoms with E-state index >= 15 is 0 Å². The van der Waals surface area contributed by atoms with Gasteiger partial charge < -0.3 is 24.8 Å². The van der Waals surface area contributed by atoms with Gasteiger partial charge in [0.25, 0.3) is 0 Å². The number of alkyl halides is 3. The number of pyridine rings is 1. The SMILES string of the molecule is CC[C@@H](CN(Cc1ccccc1C(F)(F)F)C(=S)Nc1ccc(OC)nc1)NC(=O)Cc1cncn1Cc1ccc(C#N)cc1. The summed E-state index contributed by atoms with van der Waals surface area (Å²) >= 11 is 5.66. The Labute approximate surface area is 264 Å². The second kappa shape index (κ2) is 15.2. The van der Waals surface area contributed by atoms with E-state index in [1.807, 2.05) is 23.6 Å². The first-order valence-corrected chi connectivity index (χ1v) is 14.5. The second-order valence-electron chi connectivity index (χ2n) is 10.2. The average molecular weight is 636 g/mol. The topological polar surface area (TPSA) is 108 Å². The minimum absolute atomic E-state index is 0.0455. The zero-order valence-electron chi connectivity index (χ0n) is 24.7. The number of hydrogen-bond acceptors (Lipinski definition) is 6. The number of nitrogens with zero attached hydrogens (tertiary/aromatic N) is 5. The molecule has 0 spiro atoms. The molecule has 13 heteroatoms. The van der Waals surface area contributed by atoms with E-state index in [1.165, 1.54) is 25.4 Å². The molecule has 0 aliphatic rings. The highest BCUT2D eigenvalue weighted by Gasteiger charge is 2.33. The number of hydrogen-bond donors (Lipinski definition) is 2. The molecular weight excluding hydrogens is 603 g/mol. The highest BCUT2D eigenvalue weighted by atomic mass is 32.1. The van der Waals surface area contributed by atoms with E-state index in [9.17, 15) is 18.0 Å². The molecule has 1 atom stereocenters. The van der Waals surface area contributed by atoms with Crippen molar-refractivity contribution in [1.29, 1.82) is 5.26 Å². The Balaban J connectivity index is 1.48. The van der Waals surface area contributed by atoms with E-state index in [2.05, 4.69) is 26.7 Å². The van der Waals surface area contributed by atoms with Crippen LogP contribution in [0.2, 0.25) is 0 Å². The van der Waals surface area contributed by atoms with Crippen molar-refractivity contribution in [3.8, 4) is 11.9 Å². The molecule has 9 nitrogen and oxygen atoms in total. The van der Waals surface area contributed by atoms with Gasteiger partial charge in [0, 0.05) is 43.6 Å². The summed E-state index contributed by atoms with van der Waals surface area (Å²) < 4.78 is 48.5. The summed E-state index contributed by atoms with van der Waals surface area (Å²) in [5, 5.41) is 15.3. The summed E-state index contributed by atoms with van der Waals surface area (Å²) in [5.41, 5.74) is 2.02. The van der Waals surface area contributed by atoms with Crippen LogP contribution in [0.4, 0.5) is 18.9 Å². The minimum atomic E-state index is -4.55. The third kappa shape index (κ3) is 9.26. The molecule has 0 bridgehead atoms. The van der Waals surface area contributed by atoms with Gasteiger partial charge in [0.2, 0.25) is 11.8 Å². The van der Waals surface area contributed by atoms with Crippen LogP contribution in [-0.2, 0) is 30.5 Å². The van der Waals surface area contributed by atoms with Crippen molar-refractivity contribution in [2.24, 2.45) is 0 Å². The summed E-state index contributed by atoms with van der Waals surface area (Å²) in [7, 11) is 1.49. The summed E-state index contributed by atoms with van der Waals surface area (Å²) in [4.78, 5) is 23.1. The Kier molecular flexibility index (Phi) is 11.1. The van der Waals surface area contributed by atoms with Gasteiger partial charge in [0.15, 0.2) is 5.11 Å². The van der Waals surface area contributed by atoms with Crippen LogP contribution in [0.1, 0.15) is 41.3 Å². The van der Waals surface area contributed by atoms with E-state index in [-0.39, 0.29) is 36.1 Å². The molecule has 45 heavy (non-hydrogen) atoms. The van der Waals surface area contributed by atoms with E-state index in [0.717, 1.165) is 11.6 Å². The third-order valence-corrected chi connectivity index (χ3v) is 7.40. The number of imidazole rings is 1. The number of methoxy groups -OCH3 is 1. The van der Waals surface area contributed by atoms with E-state index in [1.54, 1.807) is 47.8 Å². The van der Waals surface area contributed by atoms with Crippen LogP contribution in [0.15, 0.2) is 79.4 Å². The number of aromatic nitrogens is 3. The Morgan fingerprint density at radius 1 is 1.13 bits per heavy atom. The summed E-state index contributed by atoms with van der Waals surface area (Å²) in [6.07, 6.45) is 0.760. The lowest BCUT2D eigenvalue weighted by atomic mass is 10.1. The maximum absolute atomic E-state index is 13.8. The molecule has 2 heterocycles. The first-order chi connectivity index (χ1) is 21.6. The highest BCUT2D eigenvalue weighted by Crippen LogP contribution is 2.32. The number of halogens is 3. The van der Waals surface area contributed by atoms with Gasteiger partial charge in [-0.3, -0.25) is 4.79 Å². The van der Waals surface area contributed by atoms with Crippen molar-refractivity contribution in [3.05, 3.63) is 107 Å². The molecule has 2 aromatic heterocycles. The maximum Gasteiger partial charge on any atom is 0.416 e. The van der Waals surface area contributed by atoms with Crippen molar-refractivity contribution in [2.75, 3.05) is 19.0 Å². The fourth-order valence-corrected chi connectivity index (χ4v) is 4.90. The van der Waals surface area contributed by atoms with Crippen LogP contribution in [0.5, 0.6) is 5.88 Å². The molecule has 0 saturated heterocycles.